The van der Waals surface area contributed by atoms with E-state index in [0.717, 1.165) is 0 Å². The Bertz CT molecular complexity index is 1030. The molecule has 0 saturated carbocycles. The molecule has 27 heavy (non-hydrogen) atoms. The van der Waals surface area contributed by atoms with Crippen molar-refractivity contribution < 1.29 is 19.4 Å². The quantitative estimate of drug-likeness (QED) is 0.575. The highest BCUT2D eigenvalue weighted by Gasteiger charge is 2.26. The molecular weight excluding hydrogens is 391 g/mol. The number of primary amides is 1. The monoisotopic (exact) mass is 406 g/mol. The van der Waals surface area contributed by atoms with Crippen LogP contribution >= 0.6 is 23.2 Å². The number of hydrogen-bond acceptors (Lipinski definition) is 3. The number of aromatic carboxylic acids is 1. The van der Waals surface area contributed by atoms with E-state index in [-0.39, 0.29) is 12.1 Å². The van der Waals surface area contributed by atoms with E-state index in [0.29, 0.717) is 37.8 Å². The van der Waals surface area contributed by atoms with E-state index in [2.05, 4.69) is 4.98 Å². The summed E-state index contributed by atoms with van der Waals surface area (Å²) in [4.78, 5) is 26.7. The number of carboxylic acids is 1. The van der Waals surface area contributed by atoms with Gasteiger partial charge in [0.2, 0.25) is 5.91 Å². The molecule has 1 aromatic heterocycles. The van der Waals surface area contributed by atoms with Crippen molar-refractivity contribution in [2.24, 2.45) is 5.73 Å². The highest BCUT2D eigenvalue weighted by molar-refractivity contribution is 6.39. The van der Waals surface area contributed by atoms with Gasteiger partial charge in [-0.15, -0.1) is 0 Å². The molecule has 140 valence electrons. The van der Waals surface area contributed by atoms with Gasteiger partial charge in [0, 0.05) is 15.9 Å². The first-order valence-electron chi connectivity index (χ1n) is 7.98. The number of carbonyl (C=O) groups excluding carboxylic acids is 1. The van der Waals surface area contributed by atoms with Crippen LogP contribution in [0.2, 0.25) is 10.0 Å². The van der Waals surface area contributed by atoms with E-state index in [1.807, 2.05) is 0 Å². The number of nitrogens with one attached hydrogen (secondary N) is 1. The zero-order valence-corrected chi connectivity index (χ0v) is 15.8. The smallest absolute Gasteiger partial charge is 0.352 e. The third-order valence-electron chi connectivity index (χ3n) is 4.40. The van der Waals surface area contributed by atoms with Crippen molar-refractivity contribution in [3.63, 3.8) is 0 Å². The molecule has 0 radical (unpaired) electrons. The molecule has 0 aliphatic rings. The van der Waals surface area contributed by atoms with Gasteiger partial charge in [0.15, 0.2) is 0 Å². The summed E-state index contributed by atoms with van der Waals surface area (Å²) in [5, 5.41) is 10.8. The number of carbonyl (C=O) groups is 2. The van der Waals surface area contributed by atoms with Gasteiger partial charge in [0.05, 0.1) is 18.1 Å². The number of methoxy groups -OCH3 is 1. The second-order valence-corrected chi connectivity index (χ2v) is 6.87. The molecule has 3 rings (SSSR count). The third kappa shape index (κ3) is 3.72. The van der Waals surface area contributed by atoms with E-state index in [1.165, 1.54) is 6.07 Å². The highest BCUT2D eigenvalue weighted by Crippen LogP contribution is 2.35. The number of halogens is 2. The number of benzene rings is 2. The van der Waals surface area contributed by atoms with Crippen molar-refractivity contribution in [2.75, 3.05) is 7.11 Å². The highest BCUT2D eigenvalue weighted by atomic mass is 35.5. The second-order valence-electron chi connectivity index (χ2n) is 6.03. The number of aromatic nitrogens is 1. The van der Waals surface area contributed by atoms with Gasteiger partial charge >= 0.3 is 5.97 Å². The number of fused-ring (bicyclic) bond motifs is 1. The molecule has 2 aromatic carbocycles. The van der Waals surface area contributed by atoms with Crippen LogP contribution in [0.15, 0.2) is 36.4 Å². The van der Waals surface area contributed by atoms with Gasteiger partial charge in [-0.1, -0.05) is 35.3 Å². The molecule has 8 heteroatoms. The summed E-state index contributed by atoms with van der Waals surface area (Å²) < 4.78 is 5.12. The number of hydrogen-bond donors (Lipinski definition) is 3. The molecule has 0 fully saturated rings. The first-order valence-corrected chi connectivity index (χ1v) is 8.73. The first-order chi connectivity index (χ1) is 12.8. The van der Waals surface area contributed by atoms with Gasteiger partial charge in [0.25, 0.3) is 0 Å². The van der Waals surface area contributed by atoms with Crippen molar-refractivity contribution >= 4 is 46.0 Å². The van der Waals surface area contributed by atoms with Crippen LogP contribution in [0.4, 0.5) is 0 Å². The van der Waals surface area contributed by atoms with Crippen LogP contribution in [0.25, 0.3) is 10.9 Å². The van der Waals surface area contributed by atoms with E-state index in [1.54, 1.807) is 37.4 Å². The molecule has 0 spiro atoms. The fourth-order valence-electron chi connectivity index (χ4n) is 3.12. The Morgan fingerprint density at radius 1 is 1.22 bits per heavy atom. The minimum Gasteiger partial charge on any atom is -0.497 e. The Hall–Kier alpha value is -2.70. The SMILES string of the molecule is COc1ccc(C(Cc2c(C(=O)O)[nH]c3cc(Cl)cc(Cl)c23)C(N)=O)cc1. The zero-order chi connectivity index (χ0) is 19.7. The van der Waals surface area contributed by atoms with Crippen LogP contribution in [0.5, 0.6) is 5.75 Å². The summed E-state index contributed by atoms with van der Waals surface area (Å²) in [6.45, 7) is 0. The lowest BCUT2D eigenvalue weighted by molar-refractivity contribution is -0.119. The lowest BCUT2D eigenvalue weighted by Gasteiger charge is -2.15. The number of nitrogens with two attached hydrogens (primary N) is 1. The van der Waals surface area contributed by atoms with Gasteiger partial charge in [-0.05, 0) is 41.8 Å². The topological polar surface area (TPSA) is 105 Å². The van der Waals surface area contributed by atoms with E-state index in [9.17, 15) is 14.7 Å². The molecule has 1 unspecified atom stereocenters. The first kappa shape index (κ1) is 19.1. The molecular formula is C19H16Cl2N2O4. The summed E-state index contributed by atoms with van der Waals surface area (Å²) in [6, 6.07) is 9.99. The molecule has 3 aromatic rings. The maximum atomic E-state index is 12.1. The predicted molar refractivity (Wildman–Crippen MR) is 104 cm³/mol. The van der Waals surface area contributed by atoms with Crippen LogP contribution in [0.1, 0.15) is 27.5 Å². The van der Waals surface area contributed by atoms with Crippen LogP contribution in [0.3, 0.4) is 0 Å². The molecule has 6 nitrogen and oxygen atoms in total. The second kappa shape index (κ2) is 7.50. The van der Waals surface area contributed by atoms with E-state index < -0.39 is 17.8 Å². The number of carboxylic acid groups (broad SMARTS) is 1. The Labute approximate surface area is 164 Å². The Kier molecular flexibility index (Phi) is 5.30. The summed E-state index contributed by atoms with van der Waals surface area (Å²) in [7, 11) is 1.54. The average molecular weight is 407 g/mol. The fourth-order valence-corrected chi connectivity index (χ4v) is 3.73. The van der Waals surface area contributed by atoms with Crippen molar-refractivity contribution in [2.45, 2.75) is 12.3 Å². The molecule has 1 atom stereocenters. The minimum atomic E-state index is -1.16. The van der Waals surface area contributed by atoms with Gasteiger partial charge in [-0.25, -0.2) is 4.79 Å². The number of ether oxygens (including phenoxy) is 1. The number of aromatic amines is 1. The van der Waals surface area contributed by atoms with Gasteiger partial charge in [-0.3, -0.25) is 4.79 Å². The molecule has 0 bridgehead atoms. The molecule has 1 amide bonds. The molecule has 4 N–H and O–H groups in total. The van der Waals surface area contributed by atoms with Crippen molar-refractivity contribution in [1.29, 1.82) is 0 Å². The van der Waals surface area contributed by atoms with Gasteiger partial charge in [0.1, 0.15) is 11.4 Å². The minimum absolute atomic E-state index is 0.0473. The summed E-state index contributed by atoms with van der Waals surface area (Å²) >= 11 is 12.3. The number of H-pyrrole nitrogens is 1. The van der Waals surface area contributed by atoms with Crippen LogP contribution < -0.4 is 10.5 Å². The zero-order valence-electron chi connectivity index (χ0n) is 14.3. The maximum Gasteiger partial charge on any atom is 0.352 e. The number of amides is 1. The lowest BCUT2D eigenvalue weighted by Crippen LogP contribution is -2.24. The van der Waals surface area contributed by atoms with Crippen molar-refractivity contribution in [3.05, 3.63) is 63.3 Å². The lowest BCUT2D eigenvalue weighted by atomic mass is 9.90. The summed E-state index contributed by atoms with van der Waals surface area (Å²) in [5.74, 6) is -1.83. The standard InChI is InChI=1S/C19H16Cl2N2O4/c1-27-11-4-2-9(3-5-11)12(18(22)24)8-13-16-14(21)6-10(20)7-15(16)23-17(13)19(25)26/h2-7,12,23H,8H2,1H3,(H2,22,24)(H,25,26). The third-order valence-corrected chi connectivity index (χ3v) is 4.92. The Morgan fingerprint density at radius 2 is 1.89 bits per heavy atom. The summed E-state index contributed by atoms with van der Waals surface area (Å²) in [5.41, 5.74) is 7.10. The van der Waals surface area contributed by atoms with E-state index >= 15 is 0 Å². The van der Waals surface area contributed by atoms with E-state index in [4.69, 9.17) is 33.7 Å². The number of rotatable bonds is 6. The molecule has 0 aliphatic carbocycles. The Morgan fingerprint density at radius 3 is 2.44 bits per heavy atom. The molecule has 0 aliphatic heterocycles. The van der Waals surface area contributed by atoms with Crippen molar-refractivity contribution in [3.8, 4) is 5.75 Å². The largest absolute Gasteiger partial charge is 0.497 e. The maximum absolute atomic E-state index is 12.1. The average Bonchev–Trinajstić information content (AvgIpc) is 2.98. The van der Waals surface area contributed by atoms with Gasteiger partial charge in [-0.2, -0.15) is 0 Å². The van der Waals surface area contributed by atoms with Gasteiger partial charge < -0.3 is 20.6 Å². The van der Waals surface area contributed by atoms with Crippen LogP contribution in [-0.2, 0) is 11.2 Å². The normalized spacial score (nSPS) is 12.1. The predicted octanol–water partition coefficient (Wildman–Crippen LogP) is 3.99. The fraction of sp³-hybridized carbons (Fsp3) is 0.158. The molecule has 1 heterocycles. The Balaban J connectivity index is 2.13. The molecule has 0 saturated heterocycles. The van der Waals surface area contributed by atoms with Crippen LogP contribution in [-0.4, -0.2) is 29.1 Å². The van der Waals surface area contributed by atoms with Crippen molar-refractivity contribution in [1.82, 2.24) is 4.98 Å². The van der Waals surface area contributed by atoms with Crippen LogP contribution in [0, 0.1) is 0 Å². The summed E-state index contributed by atoms with van der Waals surface area (Å²) in [6.07, 6.45) is 0.0741.